The van der Waals surface area contributed by atoms with E-state index >= 15 is 0 Å². The molecule has 0 bridgehead atoms. The molecule has 2 rings (SSSR count). The zero-order valence-electron chi connectivity index (χ0n) is 17.0. The number of rotatable bonds is 9. The van der Waals surface area contributed by atoms with Crippen LogP contribution in [0.25, 0.3) is 11.1 Å². The standard InChI is InChI=1S/C22H27N3O4/c1-4-5-6-18-12-11-17(13-24-18)15-7-9-16(10-8-15)22(29)25(3)20(19(27)14-26)21(28)23-2/h7-13,20,26H,4-6,14H2,1-3H3,(H,23,28). The molecule has 0 fully saturated rings. The van der Waals surface area contributed by atoms with Gasteiger partial charge in [0.05, 0.1) is 0 Å². The molecule has 1 aromatic heterocycles. The summed E-state index contributed by atoms with van der Waals surface area (Å²) in [6.45, 7) is 1.32. The van der Waals surface area contributed by atoms with Gasteiger partial charge in [-0.2, -0.15) is 0 Å². The Bertz CT molecular complexity index is 831. The van der Waals surface area contributed by atoms with Crippen molar-refractivity contribution in [2.24, 2.45) is 0 Å². The highest BCUT2D eigenvalue weighted by Crippen LogP contribution is 2.20. The number of amides is 2. The highest BCUT2D eigenvalue weighted by molar-refractivity contribution is 6.10. The summed E-state index contributed by atoms with van der Waals surface area (Å²) < 4.78 is 0. The quantitative estimate of drug-likeness (QED) is 0.629. The molecule has 2 aromatic rings. The minimum atomic E-state index is -1.38. The average molecular weight is 397 g/mol. The number of hydrogen-bond acceptors (Lipinski definition) is 5. The van der Waals surface area contributed by atoms with Crippen LogP contribution in [0.4, 0.5) is 0 Å². The number of aliphatic hydroxyl groups excluding tert-OH is 1. The highest BCUT2D eigenvalue weighted by atomic mass is 16.3. The lowest BCUT2D eigenvalue weighted by molar-refractivity contribution is -0.135. The van der Waals surface area contributed by atoms with Crippen molar-refractivity contribution >= 4 is 17.6 Å². The fourth-order valence-electron chi connectivity index (χ4n) is 2.99. The molecule has 2 amide bonds. The molecule has 1 atom stereocenters. The maximum absolute atomic E-state index is 12.7. The van der Waals surface area contributed by atoms with Gasteiger partial charge < -0.3 is 15.3 Å². The van der Waals surface area contributed by atoms with E-state index in [4.69, 9.17) is 5.11 Å². The predicted molar refractivity (Wildman–Crippen MR) is 110 cm³/mol. The van der Waals surface area contributed by atoms with E-state index in [-0.39, 0.29) is 0 Å². The molecule has 7 nitrogen and oxygen atoms in total. The van der Waals surface area contributed by atoms with Crippen LogP contribution in [0.1, 0.15) is 35.8 Å². The maximum Gasteiger partial charge on any atom is 0.254 e. The van der Waals surface area contributed by atoms with E-state index in [2.05, 4.69) is 17.2 Å². The molecular weight excluding hydrogens is 370 g/mol. The van der Waals surface area contributed by atoms with Gasteiger partial charge in [-0.15, -0.1) is 0 Å². The first kappa shape index (κ1) is 22.2. The number of nitrogens with zero attached hydrogens (tertiary/aromatic N) is 2. The number of ketones is 1. The summed E-state index contributed by atoms with van der Waals surface area (Å²) in [6, 6.07) is 9.51. The van der Waals surface area contributed by atoms with Crippen LogP contribution in [0.15, 0.2) is 42.6 Å². The van der Waals surface area contributed by atoms with Crippen molar-refractivity contribution in [3.05, 3.63) is 53.9 Å². The summed E-state index contributed by atoms with van der Waals surface area (Å²) in [7, 11) is 2.73. The van der Waals surface area contributed by atoms with Gasteiger partial charge in [-0.3, -0.25) is 19.4 Å². The fourth-order valence-corrected chi connectivity index (χ4v) is 2.99. The first-order valence-corrected chi connectivity index (χ1v) is 9.60. The van der Waals surface area contributed by atoms with Crippen LogP contribution in [0.2, 0.25) is 0 Å². The Morgan fingerprint density at radius 1 is 1.10 bits per heavy atom. The number of aryl methyl sites for hydroxylation is 1. The molecule has 0 aliphatic heterocycles. The van der Waals surface area contributed by atoms with Gasteiger partial charge in [0.25, 0.3) is 5.91 Å². The molecule has 0 spiro atoms. The topological polar surface area (TPSA) is 99.6 Å². The Morgan fingerprint density at radius 2 is 1.76 bits per heavy atom. The van der Waals surface area contributed by atoms with Crippen LogP contribution in [0.3, 0.4) is 0 Å². The summed E-state index contributed by atoms with van der Waals surface area (Å²) >= 11 is 0. The fraction of sp³-hybridized carbons (Fsp3) is 0.364. The van der Waals surface area contributed by atoms with Crippen molar-refractivity contribution in [2.45, 2.75) is 32.2 Å². The van der Waals surface area contributed by atoms with Crippen molar-refractivity contribution < 1.29 is 19.5 Å². The third kappa shape index (κ3) is 5.48. The Labute approximate surface area is 170 Å². The monoisotopic (exact) mass is 397 g/mol. The highest BCUT2D eigenvalue weighted by Gasteiger charge is 2.32. The van der Waals surface area contributed by atoms with Crippen molar-refractivity contribution in [1.82, 2.24) is 15.2 Å². The Hall–Kier alpha value is -3.06. The Morgan fingerprint density at radius 3 is 2.28 bits per heavy atom. The number of aromatic nitrogens is 1. The van der Waals surface area contributed by atoms with E-state index in [1.807, 2.05) is 18.3 Å². The number of nitrogens with one attached hydrogen (secondary N) is 1. The summed E-state index contributed by atoms with van der Waals surface area (Å²) in [5.74, 6) is -1.88. The summed E-state index contributed by atoms with van der Waals surface area (Å²) in [5, 5.41) is 11.5. The lowest BCUT2D eigenvalue weighted by atomic mass is 10.0. The Kier molecular flexibility index (Phi) is 8.03. The van der Waals surface area contributed by atoms with Gasteiger partial charge in [0.2, 0.25) is 5.91 Å². The van der Waals surface area contributed by atoms with E-state index in [1.54, 1.807) is 24.3 Å². The van der Waals surface area contributed by atoms with E-state index in [0.717, 1.165) is 41.0 Å². The van der Waals surface area contributed by atoms with Crippen LogP contribution >= 0.6 is 0 Å². The molecule has 1 unspecified atom stereocenters. The predicted octanol–water partition coefficient (Wildman–Crippen LogP) is 1.84. The van der Waals surface area contributed by atoms with Crippen LogP contribution in [-0.2, 0) is 16.0 Å². The summed E-state index contributed by atoms with van der Waals surface area (Å²) in [5.41, 5.74) is 3.24. The molecule has 7 heteroatoms. The van der Waals surface area contributed by atoms with Gasteiger partial charge in [-0.25, -0.2) is 0 Å². The van der Waals surface area contributed by atoms with Crippen LogP contribution in [-0.4, -0.2) is 59.3 Å². The number of carbonyl (C=O) groups excluding carboxylic acids is 3. The molecule has 2 N–H and O–H groups in total. The minimum Gasteiger partial charge on any atom is -0.388 e. The SMILES string of the molecule is CCCCc1ccc(-c2ccc(C(=O)N(C)C(C(=O)CO)C(=O)NC)cc2)cn1. The molecule has 1 heterocycles. The van der Waals surface area contributed by atoms with E-state index < -0.39 is 30.2 Å². The maximum atomic E-state index is 12.7. The average Bonchev–Trinajstić information content (AvgIpc) is 2.77. The summed E-state index contributed by atoms with van der Waals surface area (Å²) in [4.78, 5) is 42.1. The molecule has 0 aliphatic rings. The lowest BCUT2D eigenvalue weighted by Crippen LogP contribution is -2.52. The second kappa shape index (κ2) is 10.5. The molecule has 0 saturated heterocycles. The van der Waals surface area contributed by atoms with E-state index in [9.17, 15) is 14.4 Å². The first-order chi connectivity index (χ1) is 13.9. The van der Waals surface area contributed by atoms with Gasteiger partial charge in [-0.1, -0.05) is 31.5 Å². The summed E-state index contributed by atoms with van der Waals surface area (Å²) in [6.07, 6.45) is 5.00. The molecule has 1 aromatic carbocycles. The van der Waals surface area contributed by atoms with Crippen molar-refractivity contribution in [3.63, 3.8) is 0 Å². The lowest BCUT2D eigenvalue weighted by Gasteiger charge is -2.25. The second-order valence-electron chi connectivity index (χ2n) is 6.78. The molecular formula is C22H27N3O4. The van der Waals surface area contributed by atoms with Gasteiger partial charge in [0.15, 0.2) is 11.8 Å². The third-order valence-electron chi connectivity index (χ3n) is 4.74. The largest absolute Gasteiger partial charge is 0.388 e. The molecule has 154 valence electrons. The third-order valence-corrected chi connectivity index (χ3v) is 4.74. The van der Waals surface area contributed by atoms with Crippen molar-refractivity contribution in [3.8, 4) is 11.1 Å². The van der Waals surface area contributed by atoms with E-state index in [0.29, 0.717) is 5.56 Å². The number of likely N-dealkylation sites (N-methyl/N-ethyl adjacent to an activating group) is 2. The number of Topliss-reactive ketones (excluding diaryl/α,β-unsaturated/α-hetero) is 1. The Balaban J connectivity index is 2.17. The van der Waals surface area contributed by atoms with Gasteiger partial charge >= 0.3 is 0 Å². The zero-order valence-corrected chi connectivity index (χ0v) is 17.0. The minimum absolute atomic E-state index is 0.336. The van der Waals surface area contributed by atoms with Crippen molar-refractivity contribution in [2.75, 3.05) is 20.7 Å². The zero-order chi connectivity index (χ0) is 21.4. The number of aliphatic hydroxyl groups is 1. The number of benzene rings is 1. The number of carbonyl (C=O) groups is 3. The number of unbranched alkanes of at least 4 members (excludes halogenated alkanes) is 1. The molecule has 0 radical (unpaired) electrons. The molecule has 29 heavy (non-hydrogen) atoms. The first-order valence-electron chi connectivity index (χ1n) is 9.60. The van der Waals surface area contributed by atoms with Gasteiger partial charge in [0.1, 0.15) is 6.61 Å². The number of hydrogen-bond donors (Lipinski definition) is 2. The van der Waals surface area contributed by atoms with E-state index in [1.165, 1.54) is 14.1 Å². The van der Waals surface area contributed by atoms with Gasteiger partial charge in [-0.05, 0) is 36.6 Å². The second-order valence-corrected chi connectivity index (χ2v) is 6.78. The molecule has 0 aliphatic carbocycles. The molecule has 0 saturated carbocycles. The van der Waals surface area contributed by atoms with Crippen molar-refractivity contribution in [1.29, 1.82) is 0 Å². The normalized spacial score (nSPS) is 11.6. The van der Waals surface area contributed by atoms with Crippen LogP contribution < -0.4 is 5.32 Å². The van der Waals surface area contributed by atoms with Crippen LogP contribution in [0.5, 0.6) is 0 Å². The number of pyridine rings is 1. The smallest absolute Gasteiger partial charge is 0.254 e. The van der Waals surface area contributed by atoms with Gasteiger partial charge in [0, 0.05) is 37.1 Å². The van der Waals surface area contributed by atoms with Crippen LogP contribution in [0, 0.1) is 0 Å².